The van der Waals surface area contributed by atoms with Crippen LogP contribution in [0.1, 0.15) is 45.6 Å². The Labute approximate surface area is 175 Å². The van der Waals surface area contributed by atoms with Gasteiger partial charge in [-0.2, -0.15) is 0 Å². The maximum Gasteiger partial charge on any atom is 0.0900 e. The van der Waals surface area contributed by atoms with Crippen molar-refractivity contribution in [2.75, 3.05) is 44.2 Å². The molecule has 1 saturated carbocycles. The zero-order valence-corrected chi connectivity index (χ0v) is 18.7. The molecule has 2 aliphatic rings. The summed E-state index contributed by atoms with van der Waals surface area (Å²) >= 11 is 6.17. The predicted octanol–water partition coefficient (Wildman–Crippen LogP) is 4.36. The van der Waals surface area contributed by atoms with E-state index in [2.05, 4.69) is 49.6 Å². The molecule has 0 aromatic heterocycles. The first-order chi connectivity index (χ1) is 13.2. The van der Waals surface area contributed by atoms with E-state index in [4.69, 9.17) is 16.3 Å². The fraction of sp³-hybridized carbons (Fsp3) is 0.739. The van der Waals surface area contributed by atoms with Gasteiger partial charge in [0.1, 0.15) is 0 Å². The third kappa shape index (κ3) is 6.09. The number of aliphatic hydroxyl groups excluding tert-OH is 1. The normalized spacial score (nSPS) is 27.0. The molecule has 0 amide bonds. The second-order valence-corrected chi connectivity index (χ2v) is 10.2. The van der Waals surface area contributed by atoms with E-state index in [1.165, 1.54) is 17.7 Å². The Hall–Kier alpha value is -0.810. The Morgan fingerprint density at radius 3 is 2.61 bits per heavy atom. The van der Waals surface area contributed by atoms with Crippen LogP contribution < -0.4 is 4.90 Å². The Morgan fingerprint density at radius 2 is 1.93 bits per heavy atom. The average Bonchev–Trinajstić information content (AvgIpc) is 2.61. The minimum absolute atomic E-state index is 0.288. The van der Waals surface area contributed by atoms with Crippen LogP contribution in [0.25, 0.3) is 0 Å². The van der Waals surface area contributed by atoms with E-state index in [0.29, 0.717) is 24.5 Å². The monoisotopic (exact) mass is 408 g/mol. The largest absolute Gasteiger partial charge is 0.389 e. The molecule has 5 heteroatoms. The van der Waals surface area contributed by atoms with Crippen molar-refractivity contribution < 1.29 is 9.84 Å². The van der Waals surface area contributed by atoms with Crippen molar-refractivity contribution in [3.63, 3.8) is 0 Å². The Kier molecular flexibility index (Phi) is 7.30. The summed E-state index contributed by atoms with van der Waals surface area (Å²) in [4.78, 5) is 4.74. The number of anilines is 1. The van der Waals surface area contributed by atoms with Crippen LogP contribution in [0.2, 0.25) is 5.02 Å². The number of hydrogen-bond donors (Lipinski definition) is 1. The van der Waals surface area contributed by atoms with E-state index in [1.807, 2.05) is 6.07 Å². The van der Waals surface area contributed by atoms with E-state index < -0.39 is 6.10 Å². The van der Waals surface area contributed by atoms with Crippen LogP contribution in [-0.4, -0.2) is 61.5 Å². The van der Waals surface area contributed by atoms with Gasteiger partial charge in [-0.3, -0.25) is 4.90 Å². The topological polar surface area (TPSA) is 35.9 Å². The number of benzene rings is 1. The number of piperazine rings is 1. The summed E-state index contributed by atoms with van der Waals surface area (Å²) in [6.45, 7) is 14.1. The van der Waals surface area contributed by atoms with Gasteiger partial charge < -0.3 is 14.7 Å². The molecule has 2 fully saturated rings. The summed E-state index contributed by atoms with van der Waals surface area (Å²) in [5.41, 5.74) is 2.84. The molecule has 3 rings (SSSR count). The van der Waals surface area contributed by atoms with Gasteiger partial charge >= 0.3 is 0 Å². The fourth-order valence-corrected chi connectivity index (χ4v) is 5.24. The van der Waals surface area contributed by atoms with E-state index in [-0.39, 0.29) is 6.10 Å². The predicted molar refractivity (Wildman–Crippen MR) is 117 cm³/mol. The average molecular weight is 409 g/mol. The maximum atomic E-state index is 10.5. The standard InChI is InChI=1S/C23H37ClN2O2/c1-17-11-21(14-23(3,4)13-17)28-16-20(27)15-25-7-9-26(10-8-25)22-12-19(24)6-5-18(22)2/h5-6,12,17,20-21,27H,7-11,13-16H2,1-4H3/t17-,20-,21-/m0/s1. The number of aliphatic hydroxyl groups is 1. The van der Waals surface area contributed by atoms with Crippen molar-refractivity contribution in [1.29, 1.82) is 0 Å². The molecular formula is C23H37ClN2O2. The van der Waals surface area contributed by atoms with Crippen molar-refractivity contribution in [2.24, 2.45) is 11.3 Å². The number of hydrogen-bond acceptors (Lipinski definition) is 4. The number of nitrogens with zero attached hydrogens (tertiary/aromatic N) is 2. The highest BCUT2D eigenvalue weighted by atomic mass is 35.5. The van der Waals surface area contributed by atoms with Crippen molar-refractivity contribution in [3.8, 4) is 0 Å². The highest BCUT2D eigenvalue weighted by Crippen LogP contribution is 2.39. The molecule has 0 bridgehead atoms. The Morgan fingerprint density at radius 1 is 1.21 bits per heavy atom. The highest BCUT2D eigenvalue weighted by molar-refractivity contribution is 6.30. The molecule has 0 unspecified atom stereocenters. The van der Waals surface area contributed by atoms with Gasteiger partial charge in [0.15, 0.2) is 0 Å². The molecule has 3 atom stereocenters. The first kappa shape index (κ1) is 21.9. The molecule has 1 aromatic carbocycles. The molecule has 158 valence electrons. The van der Waals surface area contributed by atoms with Crippen LogP contribution in [0.15, 0.2) is 18.2 Å². The quantitative estimate of drug-likeness (QED) is 0.758. The fourth-order valence-electron chi connectivity index (χ4n) is 5.08. The number of halogens is 1. The van der Waals surface area contributed by atoms with Gasteiger partial charge in [-0.1, -0.05) is 38.4 Å². The molecule has 1 aliphatic heterocycles. The molecule has 0 radical (unpaired) electrons. The van der Waals surface area contributed by atoms with Crippen LogP contribution in [0.4, 0.5) is 5.69 Å². The summed E-state index contributed by atoms with van der Waals surface area (Å²) in [6.07, 6.45) is 3.36. The number of ether oxygens (including phenoxy) is 1. The first-order valence-corrected chi connectivity index (χ1v) is 11.1. The zero-order chi connectivity index (χ0) is 20.3. The van der Waals surface area contributed by atoms with Gasteiger partial charge in [-0.25, -0.2) is 0 Å². The van der Waals surface area contributed by atoms with E-state index >= 15 is 0 Å². The van der Waals surface area contributed by atoms with Gasteiger partial charge in [0.05, 0.1) is 18.8 Å². The van der Waals surface area contributed by atoms with Crippen LogP contribution in [0.3, 0.4) is 0 Å². The van der Waals surface area contributed by atoms with Crippen molar-refractivity contribution >= 4 is 17.3 Å². The van der Waals surface area contributed by atoms with E-state index in [9.17, 15) is 5.11 Å². The lowest BCUT2D eigenvalue weighted by Gasteiger charge is -2.39. The van der Waals surface area contributed by atoms with Gasteiger partial charge in [-0.05, 0) is 55.2 Å². The first-order valence-electron chi connectivity index (χ1n) is 10.7. The van der Waals surface area contributed by atoms with Crippen LogP contribution in [0, 0.1) is 18.3 Å². The lowest BCUT2D eigenvalue weighted by Crippen LogP contribution is -2.49. The molecule has 1 heterocycles. The minimum Gasteiger partial charge on any atom is -0.389 e. The molecular weight excluding hydrogens is 372 g/mol. The van der Waals surface area contributed by atoms with Gasteiger partial charge in [0.25, 0.3) is 0 Å². The summed E-state index contributed by atoms with van der Waals surface area (Å²) in [5.74, 6) is 0.703. The van der Waals surface area contributed by atoms with E-state index in [0.717, 1.165) is 44.0 Å². The summed E-state index contributed by atoms with van der Waals surface area (Å²) in [7, 11) is 0. The second kappa shape index (κ2) is 9.34. The summed E-state index contributed by atoms with van der Waals surface area (Å²) in [6, 6.07) is 6.08. The maximum absolute atomic E-state index is 10.5. The van der Waals surface area contributed by atoms with Gasteiger partial charge in [0, 0.05) is 43.4 Å². The van der Waals surface area contributed by atoms with Crippen LogP contribution >= 0.6 is 11.6 Å². The number of aryl methyl sites for hydroxylation is 1. The highest BCUT2D eigenvalue weighted by Gasteiger charge is 2.33. The molecule has 1 saturated heterocycles. The number of β-amino-alcohol motifs (C(OH)–C–C–N with tert-alkyl or cyclic N) is 1. The molecule has 28 heavy (non-hydrogen) atoms. The SMILES string of the molecule is Cc1ccc(Cl)cc1N1CCN(C[C@H](O)CO[C@H]2C[C@H](C)CC(C)(C)C2)CC1. The summed E-state index contributed by atoms with van der Waals surface area (Å²) in [5, 5.41) is 11.3. The van der Waals surface area contributed by atoms with Crippen LogP contribution in [-0.2, 0) is 4.74 Å². The van der Waals surface area contributed by atoms with Crippen molar-refractivity contribution in [1.82, 2.24) is 4.90 Å². The lowest BCUT2D eigenvalue weighted by atomic mass is 9.71. The zero-order valence-electron chi connectivity index (χ0n) is 18.0. The Bertz CT molecular complexity index is 643. The van der Waals surface area contributed by atoms with Crippen LogP contribution in [0.5, 0.6) is 0 Å². The molecule has 4 nitrogen and oxygen atoms in total. The lowest BCUT2D eigenvalue weighted by molar-refractivity contribution is -0.0615. The van der Waals surface area contributed by atoms with Crippen molar-refractivity contribution in [2.45, 2.75) is 59.2 Å². The Balaban J connectivity index is 1.41. The van der Waals surface area contributed by atoms with Gasteiger partial charge in [0.2, 0.25) is 0 Å². The minimum atomic E-state index is -0.417. The third-order valence-corrected chi connectivity index (χ3v) is 6.46. The van der Waals surface area contributed by atoms with E-state index in [1.54, 1.807) is 0 Å². The molecule has 1 N–H and O–H groups in total. The number of rotatable bonds is 6. The molecule has 1 aliphatic carbocycles. The van der Waals surface area contributed by atoms with Crippen molar-refractivity contribution in [3.05, 3.63) is 28.8 Å². The summed E-state index contributed by atoms with van der Waals surface area (Å²) < 4.78 is 6.11. The smallest absolute Gasteiger partial charge is 0.0900 e. The van der Waals surface area contributed by atoms with Gasteiger partial charge in [-0.15, -0.1) is 0 Å². The molecule has 0 spiro atoms. The second-order valence-electron chi connectivity index (χ2n) is 9.74. The molecule has 1 aromatic rings. The third-order valence-electron chi connectivity index (χ3n) is 6.22.